The Kier molecular flexibility index (Phi) is 8.01. The summed E-state index contributed by atoms with van der Waals surface area (Å²) in [5.41, 5.74) is 12.4. The summed E-state index contributed by atoms with van der Waals surface area (Å²) in [7, 11) is 0. The van der Waals surface area contributed by atoms with Crippen LogP contribution >= 0.6 is 11.3 Å². The van der Waals surface area contributed by atoms with Gasteiger partial charge in [-0.1, -0.05) is 158 Å². The molecule has 13 rings (SSSR count). The Balaban J connectivity index is 0.970. The molecule has 63 heavy (non-hydrogen) atoms. The Morgan fingerprint density at radius 3 is 1.81 bits per heavy atom. The van der Waals surface area contributed by atoms with E-state index < -0.39 is 0 Å². The van der Waals surface area contributed by atoms with Crippen LogP contribution in [0.1, 0.15) is 0 Å². The molecule has 4 aromatic heterocycles. The van der Waals surface area contributed by atoms with Gasteiger partial charge in [0.05, 0.1) is 11.0 Å². The van der Waals surface area contributed by atoms with E-state index in [4.69, 9.17) is 19.4 Å². The summed E-state index contributed by atoms with van der Waals surface area (Å²) in [5, 5.41) is 6.88. The quantitative estimate of drug-likeness (QED) is 0.168. The zero-order valence-electron chi connectivity index (χ0n) is 33.7. The summed E-state index contributed by atoms with van der Waals surface area (Å²) in [6.45, 7) is 0. The molecule has 5 nitrogen and oxygen atoms in total. The van der Waals surface area contributed by atoms with Gasteiger partial charge in [0.2, 0.25) is 0 Å². The van der Waals surface area contributed by atoms with Gasteiger partial charge in [0.1, 0.15) is 11.2 Å². The predicted molar refractivity (Wildman–Crippen MR) is 262 cm³/mol. The minimum atomic E-state index is 0.592. The van der Waals surface area contributed by atoms with Gasteiger partial charge in [-0.15, -0.1) is 11.3 Å². The Bertz CT molecular complexity index is 3910. The van der Waals surface area contributed by atoms with Gasteiger partial charge in [0.25, 0.3) is 0 Å². The molecule has 0 unspecified atom stereocenters. The zero-order valence-corrected chi connectivity index (χ0v) is 34.6. The number of furan rings is 1. The lowest BCUT2D eigenvalue weighted by Gasteiger charge is -2.10. The van der Waals surface area contributed by atoms with Crippen molar-refractivity contribution in [2.24, 2.45) is 0 Å². The topological polar surface area (TPSA) is 56.7 Å². The number of thiophene rings is 1. The van der Waals surface area contributed by atoms with E-state index in [1.165, 1.54) is 53.2 Å². The maximum atomic E-state index is 6.74. The number of rotatable bonds is 6. The number of fused-ring (bicyclic) bond motifs is 9. The molecule has 4 heterocycles. The van der Waals surface area contributed by atoms with Crippen LogP contribution in [0.3, 0.4) is 0 Å². The van der Waals surface area contributed by atoms with E-state index in [0.717, 1.165) is 55.3 Å². The van der Waals surface area contributed by atoms with E-state index in [-0.39, 0.29) is 0 Å². The minimum Gasteiger partial charge on any atom is -0.456 e. The summed E-state index contributed by atoms with van der Waals surface area (Å²) in [4.78, 5) is 15.6. The maximum Gasteiger partial charge on any atom is 0.164 e. The van der Waals surface area contributed by atoms with Gasteiger partial charge in [0.15, 0.2) is 17.5 Å². The van der Waals surface area contributed by atoms with Crippen molar-refractivity contribution in [3.63, 3.8) is 0 Å². The Hall–Kier alpha value is -8.19. The standard InChI is InChI=1S/C57H34N4OS/c1-4-14-35(15-5-1)38-26-29-43-42-20-10-11-23-47(42)61(48(43)32-38)40-28-31-44-50(34-40)62-49-24-12-22-46(53(44)49)57-59-55(37-18-8-3-9-19-37)58-56(60-57)39-27-30-45-52(33-39)63-51-25-13-21-41(54(45)51)36-16-6-2-7-17-36/h1-34H. The first-order valence-electron chi connectivity index (χ1n) is 21.1. The van der Waals surface area contributed by atoms with Crippen molar-refractivity contribution in [2.75, 3.05) is 0 Å². The van der Waals surface area contributed by atoms with Crippen LogP contribution < -0.4 is 0 Å². The lowest BCUT2D eigenvalue weighted by atomic mass is 9.99. The van der Waals surface area contributed by atoms with E-state index in [0.29, 0.717) is 17.5 Å². The van der Waals surface area contributed by atoms with Crippen LogP contribution in [0.4, 0.5) is 0 Å². The van der Waals surface area contributed by atoms with Gasteiger partial charge in [-0.25, -0.2) is 15.0 Å². The fourth-order valence-corrected chi connectivity index (χ4v) is 10.5. The van der Waals surface area contributed by atoms with E-state index in [1.54, 1.807) is 11.3 Å². The van der Waals surface area contributed by atoms with Crippen molar-refractivity contribution in [2.45, 2.75) is 0 Å². The second-order valence-corrected chi connectivity index (χ2v) is 17.0. The summed E-state index contributed by atoms with van der Waals surface area (Å²) < 4.78 is 11.5. The molecule has 0 amide bonds. The summed E-state index contributed by atoms with van der Waals surface area (Å²) in [6, 6.07) is 72.6. The van der Waals surface area contributed by atoms with Crippen molar-refractivity contribution < 1.29 is 4.42 Å². The van der Waals surface area contributed by atoms with Gasteiger partial charge < -0.3 is 8.98 Å². The average Bonchev–Trinajstić information content (AvgIpc) is 4.03. The lowest BCUT2D eigenvalue weighted by molar-refractivity contribution is 0.668. The third-order valence-corrected chi connectivity index (χ3v) is 13.4. The van der Waals surface area contributed by atoms with Gasteiger partial charge in [-0.3, -0.25) is 0 Å². The lowest BCUT2D eigenvalue weighted by Crippen LogP contribution is -2.00. The molecule has 0 radical (unpaired) electrons. The van der Waals surface area contributed by atoms with Crippen LogP contribution in [0.25, 0.3) is 126 Å². The van der Waals surface area contributed by atoms with Gasteiger partial charge in [-0.05, 0) is 64.7 Å². The molecule has 6 heteroatoms. The number of hydrogen-bond acceptors (Lipinski definition) is 5. The van der Waals surface area contributed by atoms with Crippen molar-refractivity contribution in [1.82, 2.24) is 19.5 Å². The van der Waals surface area contributed by atoms with Crippen molar-refractivity contribution in [3.8, 4) is 62.1 Å². The van der Waals surface area contributed by atoms with Gasteiger partial charge in [0, 0.05) is 70.2 Å². The second-order valence-electron chi connectivity index (χ2n) is 15.9. The van der Waals surface area contributed by atoms with Gasteiger partial charge >= 0.3 is 0 Å². The van der Waals surface area contributed by atoms with Crippen LogP contribution in [-0.2, 0) is 0 Å². The number of para-hydroxylation sites is 1. The monoisotopic (exact) mass is 822 g/mol. The highest BCUT2D eigenvalue weighted by molar-refractivity contribution is 7.26. The van der Waals surface area contributed by atoms with Crippen LogP contribution in [0.5, 0.6) is 0 Å². The maximum absolute atomic E-state index is 6.74. The molecule has 0 N–H and O–H groups in total. The van der Waals surface area contributed by atoms with Crippen molar-refractivity contribution in [1.29, 1.82) is 0 Å². The summed E-state index contributed by atoms with van der Waals surface area (Å²) >= 11 is 1.80. The van der Waals surface area contributed by atoms with E-state index in [9.17, 15) is 0 Å². The Morgan fingerprint density at radius 2 is 0.984 bits per heavy atom. The van der Waals surface area contributed by atoms with Crippen LogP contribution in [-0.4, -0.2) is 19.5 Å². The molecule has 9 aromatic carbocycles. The first-order chi connectivity index (χ1) is 31.2. The van der Waals surface area contributed by atoms with Crippen LogP contribution in [0.2, 0.25) is 0 Å². The SMILES string of the molecule is c1ccc(-c2ccc3c4ccccc4n(-c4ccc5c(c4)oc4cccc(-c6nc(-c7ccccc7)nc(-c7ccc8c(c7)sc7cccc(-c9ccccc9)c78)n6)c45)c3c2)cc1. The van der Waals surface area contributed by atoms with Crippen LogP contribution in [0.15, 0.2) is 211 Å². The molecule has 13 aromatic rings. The fourth-order valence-electron chi connectivity index (χ4n) is 9.36. The predicted octanol–water partition coefficient (Wildman–Crippen LogP) is 15.6. The number of aromatic nitrogens is 4. The van der Waals surface area contributed by atoms with Crippen molar-refractivity contribution in [3.05, 3.63) is 206 Å². The zero-order chi connectivity index (χ0) is 41.4. The molecule has 0 saturated heterocycles. The normalized spacial score (nSPS) is 11.8. The molecule has 0 aliphatic carbocycles. The van der Waals surface area contributed by atoms with Crippen LogP contribution in [0, 0.1) is 0 Å². The molecule has 0 bridgehead atoms. The number of hydrogen-bond donors (Lipinski definition) is 0. The Labute approximate surface area is 365 Å². The third kappa shape index (κ3) is 5.80. The number of nitrogens with zero attached hydrogens (tertiary/aromatic N) is 4. The summed E-state index contributed by atoms with van der Waals surface area (Å²) in [6.07, 6.45) is 0. The molecule has 0 atom stereocenters. The van der Waals surface area contributed by atoms with E-state index >= 15 is 0 Å². The van der Waals surface area contributed by atoms with Crippen molar-refractivity contribution >= 4 is 75.3 Å². The first-order valence-corrected chi connectivity index (χ1v) is 21.9. The highest BCUT2D eigenvalue weighted by Crippen LogP contribution is 2.43. The fraction of sp³-hybridized carbons (Fsp3) is 0. The Morgan fingerprint density at radius 1 is 0.349 bits per heavy atom. The molecular formula is C57H34N4OS. The van der Waals surface area contributed by atoms with Gasteiger partial charge in [-0.2, -0.15) is 0 Å². The highest BCUT2D eigenvalue weighted by Gasteiger charge is 2.21. The van der Waals surface area contributed by atoms with E-state index in [2.05, 4.69) is 180 Å². The largest absolute Gasteiger partial charge is 0.456 e. The molecule has 0 saturated carbocycles. The number of benzene rings is 9. The smallest absolute Gasteiger partial charge is 0.164 e. The molecule has 0 fully saturated rings. The molecular weight excluding hydrogens is 789 g/mol. The average molecular weight is 823 g/mol. The minimum absolute atomic E-state index is 0.592. The van der Waals surface area contributed by atoms with E-state index in [1.807, 2.05) is 30.3 Å². The summed E-state index contributed by atoms with van der Waals surface area (Å²) in [5.74, 6) is 1.83. The molecule has 294 valence electrons. The second kappa shape index (κ2) is 14.2. The molecule has 0 spiro atoms. The molecule has 0 aliphatic rings. The molecule has 0 aliphatic heterocycles. The first kappa shape index (κ1) is 35.6. The third-order valence-electron chi connectivity index (χ3n) is 12.3. The highest BCUT2D eigenvalue weighted by atomic mass is 32.1.